The number of amides is 1. The Kier molecular flexibility index (Phi) is 4.39. The Balaban J connectivity index is 1.31. The van der Waals surface area contributed by atoms with Crippen LogP contribution in [0.15, 0.2) is 18.2 Å². The fraction of sp³-hybridized carbons (Fsp3) is 0.650. The first kappa shape index (κ1) is 15.2. The van der Waals surface area contributed by atoms with Crippen LogP contribution in [0.3, 0.4) is 0 Å². The molecule has 1 unspecified atom stereocenters. The molecule has 23 heavy (non-hydrogen) atoms. The summed E-state index contributed by atoms with van der Waals surface area (Å²) in [5.41, 5.74) is 3.88. The van der Waals surface area contributed by atoms with Gasteiger partial charge in [-0.25, -0.2) is 0 Å². The van der Waals surface area contributed by atoms with Crippen molar-refractivity contribution in [2.24, 2.45) is 11.8 Å². The number of likely N-dealkylation sites (tertiary alicyclic amines) is 1. The molecule has 3 atom stereocenters. The minimum atomic E-state index is 0.187. The summed E-state index contributed by atoms with van der Waals surface area (Å²) in [6.45, 7) is 3.03. The van der Waals surface area contributed by atoms with Crippen LogP contribution in [0.25, 0.3) is 0 Å². The fourth-order valence-electron chi connectivity index (χ4n) is 5.04. The number of aryl methyl sites for hydroxylation is 2. The molecule has 3 heteroatoms. The van der Waals surface area contributed by atoms with Gasteiger partial charge in [0.25, 0.3) is 5.91 Å². The zero-order chi connectivity index (χ0) is 15.6. The molecule has 1 aromatic rings. The van der Waals surface area contributed by atoms with E-state index >= 15 is 0 Å². The SMILES string of the molecule is O=C(C[NH+]1CC[C@@H]2CCCC[C@@H]2C1)Nc1ccc2c(c1)CCC2. The highest BCUT2D eigenvalue weighted by atomic mass is 16.2. The van der Waals surface area contributed by atoms with Gasteiger partial charge >= 0.3 is 0 Å². The van der Waals surface area contributed by atoms with Crippen LogP contribution in [0.2, 0.25) is 0 Å². The van der Waals surface area contributed by atoms with Gasteiger partial charge in [-0.3, -0.25) is 4.79 Å². The van der Waals surface area contributed by atoms with E-state index in [1.807, 2.05) is 0 Å². The minimum absolute atomic E-state index is 0.187. The molecular weight excluding hydrogens is 284 g/mol. The summed E-state index contributed by atoms with van der Waals surface area (Å²) in [4.78, 5) is 13.9. The van der Waals surface area contributed by atoms with Crippen molar-refractivity contribution in [1.29, 1.82) is 0 Å². The molecule has 1 saturated heterocycles. The quantitative estimate of drug-likeness (QED) is 0.881. The number of hydrogen-bond donors (Lipinski definition) is 2. The van der Waals surface area contributed by atoms with Crippen LogP contribution < -0.4 is 10.2 Å². The second-order valence-corrected chi connectivity index (χ2v) is 7.86. The van der Waals surface area contributed by atoms with Crippen molar-refractivity contribution in [1.82, 2.24) is 0 Å². The molecule has 124 valence electrons. The first-order valence-corrected chi connectivity index (χ1v) is 9.53. The molecule has 1 saturated carbocycles. The van der Waals surface area contributed by atoms with E-state index < -0.39 is 0 Å². The van der Waals surface area contributed by atoms with Gasteiger partial charge in [0.2, 0.25) is 0 Å². The smallest absolute Gasteiger partial charge is 0.279 e. The maximum absolute atomic E-state index is 12.4. The maximum Gasteiger partial charge on any atom is 0.279 e. The van der Waals surface area contributed by atoms with Crippen LogP contribution in [0, 0.1) is 11.8 Å². The molecular formula is C20H29N2O+. The van der Waals surface area contributed by atoms with Crippen LogP contribution in [-0.4, -0.2) is 25.5 Å². The average molecular weight is 313 g/mol. The normalized spacial score (nSPS) is 29.7. The highest BCUT2D eigenvalue weighted by molar-refractivity contribution is 5.91. The Morgan fingerprint density at radius 2 is 1.87 bits per heavy atom. The van der Waals surface area contributed by atoms with E-state index in [4.69, 9.17) is 0 Å². The standard InChI is InChI=1S/C20H28N2O/c23-20(21-19-9-8-15-6-3-7-17(15)12-19)14-22-11-10-16-4-1-2-5-18(16)13-22/h8-9,12,16,18H,1-7,10-11,13-14H2,(H,21,23)/p+1/t16-,18+/m0/s1. The number of carbonyl (C=O) groups excluding carboxylic acids is 1. The Labute approximate surface area is 139 Å². The van der Waals surface area contributed by atoms with Crippen molar-refractivity contribution < 1.29 is 9.69 Å². The van der Waals surface area contributed by atoms with Crippen molar-refractivity contribution in [3.05, 3.63) is 29.3 Å². The van der Waals surface area contributed by atoms with E-state index in [9.17, 15) is 4.79 Å². The lowest BCUT2D eigenvalue weighted by Gasteiger charge is -2.38. The third-order valence-electron chi connectivity index (χ3n) is 6.28. The van der Waals surface area contributed by atoms with Crippen molar-refractivity contribution >= 4 is 11.6 Å². The molecule has 0 aromatic heterocycles. The molecule has 1 amide bonds. The van der Waals surface area contributed by atoms with E-state index in [2.05, 4.69) is 23.5 Å². The number of piperidine rings is 1. The van der Waals surface area contributed by atoms with Crippen molar-refractivity contribution in [2.75, 3.05) is 25.0 Å². The van der Waals surface area contributed by atoms with E-state index in [1.165, 1.54) is 80.5 Å². The zero-order valence-corrected chi connectivity index (χ0v) is 14.1. The van der Waals surface area contributed by atoms with Crippen LogP contribution in [0.1, 0.15) is 49.7 Å². The topological polar surface area (TPSA) is 33.5 Å². The van der Waals surface area contributed by atoms with E-state index in [0.717, 1.165) is 17.5 Å². The van der Waals surface area contributed by atoms with Gasteiger partial charge in [-0.2, -0.15) is 0 Å². The molecule has 2 fully saturated rings. The molecule has 0 bridgehead atoms. The molecule has 2 aliphatic carbocycles. The zero-order valence-electron chi connectivity index (χ0n) is 14.1. The summed E-state index contributed by atoms with van der Waals surface area (Å²) >= 11 is 0. The molecule has 3 nitrogen and oxygen atoms in total. The van der Waals surface area contributed by atoms with Gasteiger partial charge in [0.1, 0.15) is 0 Å². The first-order chi connectivity index (χ1) is 11.3. The van der Waals surface area contributed by atoms with Crippen LogP contribution in [-0.2, 0) is 17.6 Å². The molecule has 1 heterocycles. The predicted octanol–water partition coefficient (Wildman–Crippen LogP) is 2.21. The fourth-order valence-corrected chi connectivity index (χ4v) is 5.04. The molecule has 0 radical (unpaired) electrons. The number of carbonyl (C=O) groups is 1. The Hall–Kier alpha value is -1.35. The molecule has 0 spiro atoms. The van der Waals surface area contributed by atoms with Gasteiger partial charge in [0.15, 0.2) is 6.54 Å². The lowest BCUT2D eigenvalue weighted by Crippen LogP contribution is -3.15. The lowest BCUT2D eigenvalue weighted by molar-refractivity contribution is -0.902. The van der Waals surface area contributed by atoms with Gasteiger partial charge in [0.05, 0.1) is 13.1 Å². The van der Waals surface area contributed by atoms with Crippen molar-refractivity contribution in [3.8, 4) is 0 Å². The predicted molar refractivity (Wildman–Crippen MR) is 92.7 cm³/mol. The second-order valence-electron chi connectivity index (χ2n) is 7.86. The molecule has 3 aliphatic rings. The monoisotopic (exact) mass is 313 g/mol. The van der Waals surface area contributed by atoms with Gasteiger partial charge in [-0.1, -0.05) is 18.9 Å². The summed E-state index contributed by atoms with van der Waals surface area (Å²) < 4.78 is 0. The molecule has 2 N–H and O–H groups in total. The Morgan fingerprint density at radius 1 is 1.04 bits per heavy atom. The largest absolute Gasteiger partial charge is 0.327 e. The second kappa shape index (κ2) is 6.64. The van der Waals surface area contributed by atoms with E-state index in [0.29, 0.717) is 6.54 Å². The third-order valence-corrected chi connectivity index (χ3v) is 6.28. The minimum Gasteiger partial charge on any atom is -0.327 e. The number of hydrogen-bond acceptors (Lipinski definition) is 1. The van der Waals surface area contributed by atoms with Gasteiger partial charge in [0, 0.05) is 11.6 Å². The van der Waals surface area contributed by atoms with Crippen LogP contribution >= 0.6 is 0 Å². The molecule has 1 aromatic carbocycles. The highest BCUT2D eigenvalue weighted by Crippen LogP contribution is 2.32. The van der Waals surface area contributed by atoms with Gasteiger partial charge < -0.3 is 10.2 Å². The average Bonchev–Trinajstić information content (AvgIpc) is 3.02. The Bertz CT molecular complexity index is 583. The lowest BCUT2D eigenvalue weighted by atomic mass is 9.75. The number of rotatable bonds is 3. The third kappa shape index (κ3) is 3.45. The van der Waals surface area contributed by atoms with Gasteiger partial charge in [-0.05, 0) is 67.7 Å². The molecule has 1 aliphatic heterocycles. The number of fused-ring (bicyclic) bond motifs is 2. The number of nitrogens with one attached hydrogen (secondary N) is 2. The number of quaternary nitrogens is 1. The maximum atomic E-state index is 12.4. The summed E-state index contributed by atoms with van der Waals surface area (Å²) in [5.74, 6) is 2.01. The first-order valence-electron chi connectivity index (χ1n) is 9.53. The van der Waals surface area contributed by atoms with Crippen LogP contribution in [0.5, 0.6) is 0 Å². The summed E-state index contributed by atoms with van der Waals surface area (Å²) in [5, 5.41) is 3.13. The molecule has 4 rings (SSSR count). The van der Waals surface area contributed by atoms with Gasteiger partial charge in [-0.15, -0.1) is 0 Å². The van der Waals surface area contributed by atoms with E-state index in [1.54, 1.807) is 0 Å². The number of anilines is 1. The summed E-state index contributed by atoms with van der Waals surface area (Å²) in [6.07, 6.45) is 10.6. The van der Waals surface area contributed by atoms with Crippen molar-refractivity contribution in [3.63, 3.8) is 0 Å². The van der Waals surface area contributed by atoms with Crippen molar-refractivity contribution in [2.45, 2.75) is 51.4 Å². The highest BCUT2D eigenvalue weighted by Gasteiger charge is 2.34. The van der Waals surface area contributed by atoms with Crippen LogP contribution in [0.4, 0.5) is 5.69 Å². The summed E-state index contributed by atoms with van der Waals surface area (Å²) in [6, 6.07) is 6.45. The Morgan fingerprint density at radius 3 is 2.78 bits per heavy atom. The number of benzene rings is 1. The summed E-state index contributed by atoms with van der Waals surface area (Å²) in [7, 11) is 0. The van der Waals surface area contributed by atoms with E-state index in [-0.39, 0.29) is 5.91 Å².